The van der Waals surface area contributed by atoms with Crippen molar-refractivity contribution in [3.63, 3.8) is 0 Å². The average Bonchev–Trinajstić information content (AvgIpc) is 2.90. The lowest BCUT2D eigenvalue weighted by Crippen LogP contribution is -2.28. The van der Waals surface area contributed by atoms with Gasteiger partial charge in [0.15, 0.2) is 5.84 Å². The van der Waals surface area contributed by atoms with Gasteiger partial charge in [0.1, 0.15) is 11.9 Å². The number of nitrogens with two attached hydrogens (primary N) is 1. The van der Waals surface area contributed by atoms with Crippen molar-refractivity contribution in [3.8, 4) is 16.9 Å². The van der Waals surface area contributed by atoms with Gasteiger partial charge in [0, 0.05) is 12.0 Å². The molecule has 3 aromatic rings. The number of alkyl halides is 6. The van der Waals surface area contributed by atoms with E-state index in [1.165, 1.54) is 24.3 Å². The van der Waals surface area contributed by atoms with E-state index in [9.17, 15) is 31.1 Å². The van der Waals surface area contributed by atoms with Gasteiger partial charge in [-0.2, -0.15) is 26.3 Å². The fourth-order valence-corrected chi connectivity index (χ4v) is 4.44. The Morgan fingerprint density at radius 3 is 2.10 bits per heavy atom. The summed E-state index contributed by atoms with van der Waals surface area (Å²) < 4.78 is 83.7. The molecule has 3 aromatic carbocycles. The largest absolute Gasteiger partial charge is 0.486 e. The summed E-state index contributed by atoms with van der Waals surface area (Å²) in [5.41, 5.74) is 2.76. The molecule has 224 valence electrons. The molecule has 0 bridgehead atoms. The Morgan fingerprint density at radius 1 is 0.976 bits per heavy atom. The maximum absolute atomic E-state index is 13.0. The predicted octanol–water partition coefficient (Wildman–Crippen LogP) is 7.87. The van der Waals surface area contributed by atoms with Gasteiger partial charge in [-0.05, 0) is 90.9 Å². The van der Waals surface area contributed by atoms with E-state index in [4.69, 9.17) is 16.0 Å². The minimum absolute atomic E-state index is 0.0328. The molecule has 0 aliphatic rings. The molecule has 0 aliphatic carbocycles. The minimum Gasteiger partial charge on any atom is -0.486 e. The second-order valence-electron chi connectivity index (χ2n) is 9.59. The number of ether oxygens (including phenoxy) is 1. The van der Waals surface area contributed by atoms with Crippen LogP contribution in [0.4, 0.5) is 26.3 Å². The highest BCUT2D eigenvalue weighted by Crippen LogP contribution is 2.36. The van der Waals surface area contributed by atoms with Crippen molar-refractivity contribution in [1.29, 1.82) is 5.41 Å². The molecule has 1 unspecified atom stereocenters. The number of benzene rings is 3. The summed E-state index contributed by atoms with van der Waals surface area (Å²) in [6, 6.07) is 14.3. The summed E-state index contributed by atoms with van der Waals surface area (Å²) in [5, 5.41) is 16.2. The highest BCUT2D eigenvalue weighted by atomic mass is 19.4. The normalized spacial score (nSPS) is 12.8. The van der Waals surface area contributed by atoms with E-state index >= 15 is 0 Å². The van der Waals surface area contributed by atoms with Crippen LogP contribution in [0.1, 0.15) is 58.0 Å². The Bertz CT molecular complexity index is 1400. The number of carbonyl (C=O) groups excluding carboxylic acids is 1. The van der Waals surface area contributed by atoms with Crippen LogP contribution in [0.2, 0.25) is 0 Å². The van der Waals surface area contributed by atoms with Crippen molar-refractivity contribution >= 4 is 11.7 Å². The number of carbonyl (C=O) groups is 1. The third-order valence-electron chi connectivity index (χ3n) is 6.35. The molecule has 42 heavy (non-hydrogen) atoms. The summed E-state index contributed by atoms with van der Waals surface area (Å²) in [6.45, 7) is 3.34. The molecule has 1 atom stereocenters. The fraction of sp³-hybridized carbons (Fsp3) is 0.310. The molecule has 0 aromatic heterocycles. The van der Waals surface area contributed by atoms with Crippen LogP contribution < -0.4 is 15.9 Å². The van der Waals surface area contributed by atoms with Crippen LogP contribution in [0.5, 0.6) is 5.75 Å². The highest BCUT2D eigenvalue weighted by Gasteiger charge is 2.30. The van der Waals surface area contributed by atoms with Crippen molar-refractivity contribution in [2.24, 2.45) is 16.2 Å². The van der Waals surface area contributed by atoms with Crippen LogP contribution >= 0.6 is 0 Å². The monoisotopic (exact) mass is 593 g/mol. The van der Waals surface area contributed by atoms with Gasteiger partial charge in [0.2, 0.25) is 0 Å². The smallest absolute Gasteiger partial charge is 0.416 e. The maximum Gasteiger partial charge on any atom is 0.416 e. The van der Waals surface area contributed by atoms with E-state index in [0.29, 0.717) is 28.0 Å². The van der Waals surface area contributed by atoms with Gasteiger partial charge in [-0.15, -0.1) is 5.11 Å². The van der Waals surface area contributed by atoms with Crippen molar-refractivity contribution < 1.29 is 35.9 Å². The molecule has 4 N–H and O–H groups in total. The third kappa shape index (κ3) is 9.05. The lowest BCUT2D eigenvalue weighted by atomic mass is 9.94. The van der Waals surface area contributed by atoms with Crippen molar-refractivity contribution in [2.45, 2.75) is 51.6 Å². The Hall–Kier alpha value is -4.42. The van der Waals surface area contributed by atoms with Crippen LogP contribution in [-0.4, -0.2) is 24.5 Å². The SMILES string of the molecule is Cc1cc(OC(CCCC(F)(F)F)c2ccc(C(=O)NCC(=N)N=NN)cc2)cc(C)c1-c1ccc(C(F)(F)F)cc1. The second kappa shape index (κ2) is 13.5. The molecule has 0 aliphatic heterocycles. The molecule has 0 saturated heterocycles. The van der Waals surface area contributed by atoms with Crippen molar-refractivity contribution in [2.75, 3.05) is 6.54 Å². The van der Waals surface area contributed by atoms with Crippen molar-refractivity contribution in [1.82, 2.24) is 5.32 Å². The molecular formula is C29H29F6N5O2. The first kappa shape index (κ1) is 32.1. The molecule has 0 spiro atoms. The van der Waals surface area contributed by atoms with E-state index in [1.807, 2.05) is 0 Å². The standard InChI is InChI=1S/C29H29F6N5O2/c1-17-14-23(15-18(2)26(17)20-9-11-22(12-10-20)29(33,34)35)42-24(4-3-13-28(30,31)32)19-5-7-21(8-6-19)27(41)38-16-25(36)39-40-37/h5-12,14-15,24H,3-4,13,16H2,1-2H3,(H,38,41)(H3,36,37,39). The minimum atomic E-state index is -4.45. The Morgan fingerprint density at radius 2 is 1.57 bits per heavy atom. The van der Waals surface area contributed by atoms with Crippen LogP contribution in [0, 0.1) is 19.3 Å². The Labute approximate surface area is 238 Å². The first-order valence-corrected chi connectivity index (χ1v) is 12.8. The molecule has 1 amide bonds. The van der Waals surface area contributed by atoms with Crippen LogP contribution in [0.25, 0.3) is 11.1 Å². The predicted molar refractivity (Wildman–Crippen MR) is 145 cm³/mol. The molecular weight excluding hydrogens is 564 g/mol. The summed E-state index contributed by atoms with van der Waals surface area (Å²) >= 11 is 0. The molecule has 0 saturated carbocycles. The summed E-state index contributed by atoms with van der Waals surface area (Å²) in [7, 11) is 0. The van der Waals surface area contributed by atoms with E-state index in [-0.39, 0.29) is 30.8 Å². The van der Waals surface area contributed by atoms with E-state index in [2.05, 4.69) is 15.7 Å². The Kier molecular flexibility index (Phi) is 10.3. The summed E-state index contributed by atoms with van der Waals surface area (Å²) in [6.07, 6.45) is -10.7. The lowest BCUT2D eigenvalue weighted by Gasteiger charge is -2.22. The number of amidine groups is 1. The second-order valence-corrected chi connectivity index (χ2v) is 9.59. The van der Waals surface area contributed by atoms with Crippen LogP contribution in [0.15, 0.2) is 71.0 Å². The Balaban J connectivity index is 1.83. The zero-order valence-electron chi connectivity index (χ0n) is 22.7. The fourth-order valence-electron chi connectivity index (χ4n) is 4.44. The number of rotatable bonds is 10. The first-order chi connectivity index (χ1) is 19.7. The first-order valence-electron chi connectivity index (χ1n) is 12.8. The van der Waals surface area contributed by atoms with E-state index in [1.54, 1.807) is 38.1 Å². The third-order valence-corrected chi connectivity index (χ3v) is 6.35. The number of nitrogens with one attached hydrogen (secondary N) is 2. The molecule has 3 rings (SSSR count). The van der Waals surface area contributed by atoms with Gasteiger partial charge in [0.05, 0.1) is 12.1 Å². The molecule has 0 fully saturated rings. The maximum atomic E-state index is 13.0. The van der Waals surface area contributed by atoms with E-state index < -0.39 is 36.3 Å². The number of amides is 1. The van der Waals surface area contributed by atoms with Gasteiger partial charge >= 0.3 is 12.4 Å². The average molecular weight is 594 g/mol. The highest BCUT2D eigenvalue weighted by molar-refractivity contribution is 5.96. The van der Waals surface area contributed by atoms with Gasteiger partial charge in [0.25, 0.3) is 5.91 Å². The lowest BCUT2D eigenvalue weighted by molar-refractivity contribution is -0.138. The van der Waals surface area contributed by atoms with Gasteiger partial charge in [-0.1, -0.05) is 29.5 Å². The van der Waals surface area contributed by atoms with Crippen LogP contribution in [0.3, 0.4) is 0 Å². The number of aryl methyl sites for hydroxylation is 2. The number of hydrogen-bond donors (Lipinski definition) is 3. The van der Waals surface area contributed by atoms with Gasteiger partial charge < -0.3 is 15.9 Å². The molecule has 7 nitrogen and oxygen atoms in total. The van der Waals surface area contributed by atoms with E-state index in [0.717, 1.165) is 17.7 Å². The molecule has 13 heteroatoms. The topological polar surface area (TPSA) is 113 Å². The van der Waals surface area contributed by atoms with Crippen molar-refractivity contribution in [3.05, 3.63) is 88.5 Å². The summed E-state index contributed by atoms with van der Waals surface area (Å²) in [5.74, 6) is 4.50. The number of halogens is 6. The molecule has 0 radical (unpaired) electrons. The molecule has 0 heterocycles. The van der Waals surface area contributed by atoms with Crippen LogP contribution in [-0.2, 0) is 6.18 Å². The zero-order valence-corrected chi connectivity index (χ0v) is 22.7. The van der Waals surface area contributed by atoms with Gasteiger partial charge in [-0.25, -0.2) is 0 Å². The number of hydrogen-bond acceptors (Lipinski definition) is 4. The zero-order chi connectivity index (χ0) is 31.1. The number of nitrogens with zero attached hydrogens (tertiary/aromatic N) is 2. The summed E-state index contributed by atoms with van der Waals surface area (Å²) in [4.78, 5) is 12.4. The quantitative estimate of drug-likeness (QED) is 0.0555. The van der Waals surface area contributed by atoms with Gasteiger partial charge in [-0.3, -0.25) is 10.2 Å².